The predicted octanol–water partition coefficient (Wildman–Crippen LogP) is 0.413. The first-order valence-corrected chi connectivity index (χ1v) is 8.96. The van der Waals surface area contributed by atoms with Gasteiger partial charge in [-0.05, 0) is 35.2 Å². The number of hydrogen-bond acceptors (Lipinski definition) is 5. The summed E-state index contributed by atoms with van der Waals surface area (Å²) in [5, 5.41) is 22.4. The van der Waals surface area contributed by atoms with E-state index in [9.17, 15) is 18.3 Å². The van der Waals surface area contributed by atoms with Crippen molar-refractivity contribution in [2.75, 3.05) is 19.6 Å². The van der Waals surface area contributed by atoms with E-state index in [4.69, 9.17) is 5.11 Å². The summed E-state index contributed by atoms with van der Waals surface area (Å²) in [6.45, 7) is 0.139. The molecule has 1 aromatic heterocycles. The van der Waals surface area contributed by atoms with Gasteiger partial charge in [-0.1, -0.05) is 0 Å². The third-order valence-electron chi connectivity index (χ3n) is 3.46. The van der Waals surface area contributed by atoms with Crippen LogP contribution in [0.15, 0.2) is 16.8 Å². The summed E-state index contributed by atoms with van der Waals surface area (Å²) >= 11 is 1.42. The van der Waals surface area contributed by atoms with Crippen molar-refractivity contribution in [3.8, 4) is 0 Å². The maximum atomic E-state index is 12.1. The fourth-order valence-electron chi connectivity index (χ4n) is 2.22. The highest BCUT2D eigenvalue weighted by Gasteiger charge is 2.32. The number of aliphatic carboxylic acids is 1. The molecule has 118 valence electrons. The molecule has 2 heterocycles. The molecular weight excluding hydrogens is 316 g/mol. The van der Waals surface area contributed by atoms with Gasteiger partial charge in [-0.2, -0.15) is 28.8 Å². The average Bonchev–Trinajstić information content (AvgIpc) is 2.99. The van der Waals surface area contributed by atoms with Crippen molar-refractivity contribution >= 4 is 27.5 Å². The van der Waals surface area contributed by atoms with Crippen LogP contribution < -0.4 is 4.72 Å². The fourth-order valence-corrected chi connectivity index (χ4v) is 4.22. The molecule has 0 bridgehead atoms. The lowest BCUT2D eigenvalue weighted by Gasteiger charge is -2.30. The van der Waals surface area contributed by atoms with E-state index < -0.39 is 28.2 Å². The van der Waals surface area contributed by atoms with Gasteiger partial charge in [0.1, 0.15) is 0 Å². The van der Waals surface area contributed by atoms with Crippen molar-refractivity contribution in [3.05, 3.63) is 22.4 Å². The monoisotopic (exact) mass is 334 g/mol. The van der Waals surface area contributed by atoms with Crippen molar-refractivity contribution < 1.29 is 23.4 Å². The summed E-state index contributed by atoms with van der Waals surface area (Å²) < 4.78 is 27.8. The highest BCUT2D eigenvalue weighted by atomic mass is 32.2. The van der Waals surface area contributed by atoms with Crippen LogP contribution in [0.5, 0.6) is 0 Å². The number of carboxylic acid groups (broad SMARTS) is 1. The Labute approximate surface area is 127 Å². The van der Waals surface area contributed by atoms with Crippen LogP contribution >= 0.6 is 11.3 Å². The maximum Gasteiger partial charge on any atom is 0.307 e. The molecule has 0 spiro atoms. The Hall–Kier alpha value is -1.00. The van der Waals surface area contributed by atoms with Gasteiger partial charge in [-0.3, -0.25) is 4.79 Å². The summed E-state index contributed by atoms with van der Waals surface area (Å²) in [7, 11) is -3.77. The van der Waals surface area contributed by atoms with Crippen molar-refractivity contribution in [3.63, 3.8) is 0 Å². The molecule has 1 aliphatic heterocycles. The molecular formula is C12H18N2O5S2. The number of hydrogen-bond donors (Lipinski definition) is 3. The summed E-state index contributed by atoms with van der Waals surface area (Å²) in [5.74, 6) is -1.65. The van der Waals surface area contributed by atoms with E-state index in [1.807, 2.05) is 0 Å². The zero-order valence-corrected chi connectivity index (χ0v) is 12.9. The molecule has 9 heteroatoms. The van der Waals surface area contributed by atoms with Crippen LogP contribution in [0.4, 0.5) is 0 Å². The van der Waals surface area contributed by atoms with Crippen molar-refractivity contribution in [1.82, 2.24) is 9.03 Å². The molecule has 0 aliphatic carbocycles. The molecule has 7 nitrogen and oxygen atoms in total. The minimum Gasteiger partial charge on any atom is -0.481 e. The number of thiophene rings is 1. The zero-order valence-electron chi connectivity index (χ0n) is 11.3. The molecule has 0 radical (unpaired) electrons. The smallest absolute Gasteiger partial charge is 0.307 e. The first-order chi connectivity index (χ1) is 9.90. The Morgan fingerprint density at radius 1 is 1.57 bits per heavy atom. The van der Waals surface area contributed by atoms with Gasteiger partial charge in [-0.25, -0.2) is 0 Å². The predicted molar refractivity (Wildman–Crippen MR) is 78.1 cm³/mol. The summed E-state index contributed by atoms with van der Waals surface area (Å²) in [5.41, 5.74) is 0.657. The Kier molecular flexibility index (Phi) is 5.33. The van der Waals surface area contributed by atoms with Gasteiger partial charge < -0.3 is 10.2 Å². The second kappa shape index (κ2) is 6.84. The van der Waals surface area contributed by atoms with E-state index in [0.29, 0.717) is 24.9 Å². The van der Waals surface area contributed by atoms with Crippen LogP contribution in [0.2, 0.25) is 0 Å². The van der Waals surface area contributed by atoms with Crippen molar-refractivity contribution in [1.29, 1.82) is 0 Å². The van der Waals surface area contributed by atoms with Crippen molar-refractivity contribution in [2.24, 2.45) is 5.92 Å². The number of aliphatic hydroxyl groups is 1. The van der Waals surface area contributed by atoms with E-state index in [1.54, 1.807) is 16.8 Å². The van der Waals surface area contributed by atoms with E-state index in [2.05, 4.69) is 4.72 Å². The molecule has 1 aliphatic rings. The third-order valence-corrected chi connectivity index (χ3v) is 5.70. The minimum absolute atomic E-state index is 0.0286. The molecule has 2 rings (SSSR count). The van der Waals surface area contributed by atoms with Crippen LogP contribution in [-0.4, -0.2) is 48.5 Å². The topological polar surface area (TPSA) is 107 Å². The highest BCUT2D eigenvalue weighted by molar-refractivity contribution is 7.87. The normalized spacial score (nSPS) is 22.0. The molecule has 1 fully saturated rings. The van der Waals surface area contributed by atoms with Crippen LogP contribution in [0.3, 0.4) is 0 Å². The van der Waals surface area contributed by atoms with Gasteiger partial charge in [-0.15, -0.1) is 0 Å². The van der Waals surface area contributed by atoms with Gasteiger partial charge in [0.25, 0.3) is 10.2 Å². The summed E-state index contributed by atoms with van der Waals surface area (Å²) in [6, 6.07) is 1.73. The van der Waals surface area contributed by atoms with Crippen LogP contribution in [0, 0.1) is 5.92 Å². The molecule has 0 amide bonds. The van der Waals surface area contributed by atoms with Crippen LogP contribution in [0.1, 0.15) is 24.5 Å². The van der Waals surface area contributed by atoms with Gasteiger partial charge in [0, 0.05) is 19.6 Å². The quantitative estimate of drug-likeness (QED) is 0.699. The number of nitrogens with zero attached hydrogens (tertiary/aromatic N) is 1. The molecule has 0 saturated carbocycles. The molecule has 2 unspecified atom stereocenters. The Balaban J connectivity index is 1.93. The van der Waals surface area contributed by atoms with Crippen molar-refractivity contribution in [2.45, 2.75) is 18.9 Å². The van der Waals surface area contributed by atoms with Gasteiger partial charge in [0.2, 0.25) is 0 Å². The van der Waals surface area contributed by atoms with E-state index >= 15 is 0 Å². The molecule has 1 aromatic rings. The second-order valence-electron chi connectivity index (χ2n) is 4.96. The van der Waals surface area contributed by atoms with E-state index in [0.717, 1.165) is 4.31 Å². The Morgan fingerprint density at radius 2 is 2.33 bits per heavy atom. The number of piperidine rings is 1. The molecule has 21 heavy (non-hydrogen) atoms. The highest BCUT2D eigenvalue weighted by Crippen LogP contribution is 2.20. The van der Waals surface area contributed by atoms with Gasteiger partial charge in [0.05, 0.1) is 12.0 Å². The summed E-state index contributed by atoms with van der Waals surface area (Å²) in [6.07, 6.45) is 0.0928. The van der Waals surface area contributed by atoms with Crippen LogP contribution in [-0.2, 0) is 15.0 Å². The SMILES string of the molecule is O=C(O)C1CCCN(S(=O)(=O)NCC(O)c2ccsc2)C1. The Morgan fingerprint density at radius 3 is 2.95 bits per heavy atom. The standard InChI is InChI=1S/C12H18N2O5S2/c15-11(10-3-5-20-8-10)6-13-21(18,19)14-4-1-2-9(7-14)12(16)17/h3,5,8-9,11,13,15H,1-2,4,6-7H2,(H,16,17). The maximum absolute atomic E-state index is 12.1. The number of aliphatic hydroxyl groups excluding tert-OH is 1. The lowest BCUT2D eigenvalue weighted by Crippen LogP contribution is -2.48. The number of carboxylic acids is 1. The molecule has 1 saturated heterocycles. The zero-order chi connectivity index (χ0) is 15.5. The van der Waals surface area contributed by atoms with E-state index in [1.165, 1.54) is 11.3 Å². The van der Waals surface area contributed by atoms with E-state index in [-0.39, 0.29) is 13.1 Å². The number of carbonyl (C=O) groups is 1. The molecule has 3 N–H and O–H groups in total. The minimum atomic E-state index is -3.77. The molecule has 0 aromatic carbocycles. The lowest BCUT2D eigenvalue weighted by molar-refractivity contribution is -0.142. The first-order valence-electron chi connectivity index (χ1n) is 6.58. The summed E-state index contributed by atoms with van der Waals surface area (Å²) in [4.78, 5) is 11.0. The fraction of sp³-hybridized carbons (Fsp3) is 0.583. The second-order valence-corrected chi connectivity index (χ2v) is 7.50. The number of nitrogens with one attached hydrogen (secondary N) is 1. The third kappa shape index (κ3) is 4.24. The van der Waals surface area contributed by atoms with Gasteiger partial charge >= 0.3 is 5.97 Å². The van der Waals surface area contributed by atoms with Crippen LogP contribution in [0.25, 0.3) is 0 Å². The molecule has 2 atom stereocenters. The van der Waals surface area contributed by atoms with Gasteiger partial charge in [0.15, 0.2) is 0 Å². The lowest BCUT2D eigenvalue weighted by atomic mass is 10.0. The largest absolute Gasteiger partial charge is 0.481 e. The first kappa shape index (κ1) is 16.4. The average molecular weight is 334 g/mol. The number of rotatable bonds is 6. The Bertz CT molecular complexity index is 572.